The summed E-state index contributed by atoms with van der Waals surface area (Å²) in [5.74, 6) is 0.623. The van der Waals surface area contributed by atoms with E-state index in [0.29, 0.717) is 29.6 Å². The van der Waals surface area contributed by atoms with Crippen LogP contribution in [0.15, 0.2) is 83.8 Å². The molecule has 0 radical (unpaired) electrons. The van der Waals surface area contributed by atoms with E-state index in [-0.39, 0.29) is 11.2 Å². The molecule has 0 aliphatic heterocycles. The molecular formula is C25H27N3O2S2. The Hall–Kier alpha value is -3.03. The molecule has 32 heavy (non-hydrogen) atoms. The zero-order valence-electron chi connectivity index (χ0n) is 18.1. The number of benzene rings is 3. The van der Waals surface area contributed by atoms with Crippen molar-refractivity contribution in [2.24, 2.45) is 0 Å². The van der Waals surface area contributed by atoms with E-state index in [4.69, 9.17) is 17.0 Å². The number of carbonyl (C=O) groups is 1. The van der Waals surface area contributed by atoms with E-state index in [1.165, 1.54) is 11.8 Å². The Morgan fingerprint density at radius 3 is 2.34 bits per heavy atom. The van der Waals surface area contributed by atoms with Crippen molar-refractivity contribution in [2.45, 2.75) is 30.4 Å². The number of rotatable bonds is 9. The van der Waals surface area contributed by atoms with Gasteiger partial charge in [0, 0.05) is 16.3 Å². The molecule has 166 valence electrons. The summed E-state index contributed by atoms with van der Waals surface area (Å²) in [5.41, 5.74) is 2.47. The Kier molecular flexibility index (Phi) is 8.95. The number of para-hydroxylation sites is 3. The number of carbonyl (C=O) groups excluding carboxylic acids is 1. The minimum Gasteiger partial charge on any atom is -0.492 e. The van der Waals surface area contributed by atoms with E-state index in [1.54, 1.807) is 0 Å². The van der Waals surface area contributed by atoms with Gasteiger partial charge in [-0.1, -0.05) is 43.3 Å². The van der Waals surface area contributed by atoms with Gasteiger partial charge in [-0.25, -0.2) is 0 Å². The van der Waals surface area contributed by atoms with Gasteiger partial charge < -0.3 is 20.7 Å². The highest BCUT2D eigenvalue weighted by Crippen LogP contribution is 2.30. The predicted octanol–water partition coefficient (Wildman–Crippen LogP) is 6.40. The van der Waals surface area contributed by atoms with Crippen molar-refractivity contribution in [3.8, 4) is 5.75 Å². The van der Waals surface area contributed by atoms with E-state index in [0.717, 1.165) is 16.3 Å². The summed E-state index contributed by atoms with van der Waals surface area (Å²) in [6.45, 7) is 4.47. The van der Waals surface area contributed by atoms with Crippen LogP contribution in [0.4, 0.5) is 17.1 Å². The highest BCUT2D eigenvalue weighted by atomic mass is 32.2. The number of amides is 1. The van der Waals surface area contributed by atoms with Crippen LogP contribution in [0.5, 0.6) is 5.75 Å². The number of thiocarbonyl (C=S) groups is 1. The van der Waals surface area contributed by atoms with Crippen LogP contribution in [0.2, 0.25) is 0 Å². The molecule has 0 spiro atoms. The van der Waals surface area contributed by atoms with E-state index in [1.807, 2.05) is 92.7 Å². The van der Waals surface area contributed by atoms with E-state index >= 15 is 0 Å². The largest absolute Gasteiger partial charge is 0.492 e. The van der Waals surface area contributed by atoms with Crippen LogP contribution in [0.25, 0.3) is 0 Å². The molecule has 0 fully saturated rings. The molecule has 3 rings (SSSR count). The van der Waals surface area contributed by atoms with Crippen molar-refractivity contribution in [1.82, 2.24) is 0 Å². The second-order valence-corrected chi connectivity index (χ2v) is 8.59. The second-order valence-electron chi connectivity index (χ2n) is 6.91. The van der Waals surface area contributed by atoms with Crippen LogP contribution in [-0.2, 0) is 4.79 Å². The summed E-state index contributed by atoms with van der Waals surface area (Å²) < 4.78 is 5.62. The summed E-state index contributed by atoms with van der Waals surface area (Å²) in [5, 5.41) is 9.64. The molecule has 5 nitrogen and oxygen atoms in total. The molecule has 1 atom stereocenters. The quantitative estimate of drug-likeness (QED) is 0.251. The first-order valence-corrected chi connectivity index (χ1v) is 11.8. The van der Waals surface area contributed by atoms with Gasteiger partial charge in [0.2, 0.25) is 5.91 Å². The molecule has 0 aliphatic carbocycles. The number of anilines is 3. The fourth-order valence-corrected chi connectivity index (χ4v) is 4.26. The molecule has 3 aromatic rings. The number of nitrogens with one attached hydrogen (secondary N) is 3. The molecule has 0 aromatic heterocycles. The Balaban J connectivity index is 1.62. The fraction of sp³-hybridized carbons (Fsp3) is 0.200. The lowest BCUT2D eigenvalue weighted by molar-refractivity contribution is -0.115. The van der Waals surface area contributed by atoms with Gasteiger partial charge in [0.25, 0.3) is 0 Å². The van der Waals surface area contributed by atoms with Crippen LogP contribution < -0.4 is 20.7 Å². The number of hydrogen-bond donors (Lipinski definition) is 3. The van der Waals surface area contributed by atoms with Crippen LogP contribution in [-0.4, -0.2) is 22.9 Å². The maximum atomic E-state index is 12.9. The molecule has 0 bridgehead atoms. The fourth-order valence-electron chi connectivity index (χ4n) is 3.01. The van der Waals surface area contributed by atoms with E-state index in [2.05, 4.69) is 16.0 Å². The highest BCUT2D eigenvalue weighted by Gasteiger charge is 2.19. The minimum atomic E-state index is -0.241. The number of ether oxygens (including phenoxy) is 1. The number of hydrogen-bond acceptors (Lipinski definition) is 4. The summed E-state index contributed by atoms with van der Waals surface area (Å²) in [6.07, 6.45) is 0.693. The third kappa shape index (κ3) is 7.00. The van der Waals surface area contributed by atoms with Crippen LogP contribution in [0, 0.1) is 0 Å². The molecule has 0 saturated heterocycles. The van der Waals surface area contributed by atoms with Crippen LogP contribution in [0.3, 0.4) is 0 Å². The van der Waals surface area contributed by atoms with Gasteiger partial charge in [0.05, 0.1) is 17.5 Å². The molecule has 0 heterocycles. The van der Waals surface area contributed by atoms with Crippen LogP contribution in [0.1, 0.15) is 20.3 Å². The normalized spacial score (nSPS) is 11.3. The Morgan fingerprint density at radius 2 is 1.59 bits per heavy atom. The standard InChI is InChI=1S/C25H27N3O2S2/c1-3-23(24(29)28-21-15-8-9-16-22(21)30-4-2)32-20-14-10-13-19(17-20)27-25(31)26-18-11-6-5-7-12-18/h5-17,23H,3-4H2,1-2H3,(H,28,29)(H2,26,27,31). The minimum absolute atomic E-state index is 0.0516. The van der Waals surface area contributed by atoms with Gasteiger partial charge in [0.15, 0.2) is 5.11 Å². The summed E-state index contributed by atoms with van der Waals surface area (Å²) >= 11 is 6.94. The molecule has 1 amide bonds. The van der Waals surface area contributed by atoms with Crippen molar-refractivity contribution in [2.75, 3.05) is 22.6 Å². The monoisotopic (exact) mass is 465 g/mol. The Morgan fingerprint density at radius 1 is 0.906 bits per heavy atom. The average Bonchev–Trinajstić information content (AvgIpc) is 2.79. The average molecular weight is 466 g/mol. The summed E-state index contributed by atoms with van der Waals surface area (Å²) in [4.78, 5) is 13.9. The van der Waals surface area contributed by atoms with Crippen LogP contribution >= 0.6 is 24.0 Å². The van der Waals surface area contributed by atoms with Gasteiger partial charge in [-0.3, -0.25) is 4.79 Å². The first kappa shape index (κ1) is 23.6. The molecule has 7 heteroatoms. The third-order valence-corrected chi connectivity index (χ3v) is 6.07. The van der Waals surface area contributed by atoms with Crippen molar-refractivity contribution in [1.29, 1.82) is 0 Å². The van der Waals surface area contributed by atoms with Gasteiger partial charge >= 0.3 is 0 Å². The lowest BCUT2D eigenvalue weighted by Gasteiger charge is -2.17. The zero-order chi connectivity index (χ0) is 22.8. The molecule has 3 N–H and O–H groups in total. The Labute approximate surface area is 199 Å². The topological polar surface area (TPSA) is 62.4 Å². The molecule has 3 aromatic carbocycles. The first-order valence-electron chi connectivity index (χ1n) is 10.5. The molecular weight excluding hydrogens is 438 g/mol. The van der Waals surface area contributed by atoms with Crippen molar-refractivity contribution >= 4 is 52.1 Å². The smallest absolute Gasteiger partial charge is 0.237 e. The highest BCUT2D eigenvalue weighted by molar-refractivity contribution is 8.00. The second kappa shape index (κ2) is 12.1. The zero-order valence-corrected chi connectivity index (χ0v) is 19.8. The van der Waals surface area contributed by atoms with Crippen molar-refractivity contribution < 1.29 is 9.53 Å². The predicted molar refractivity (Wildman–Crippen MR) is 139 cm³/mol. The number of thioether (sulfide) groups is 1. The molecule has 1 unspecified atom stereocenters. The van der Waals surface area contributed by atoms with Gasteiger partial charge in [-0.05, 0) is 68.0 Å². The third-order valence-electron chi connectivity index (χ3n) is 4.51. The summed E-state index contributed by atoms with van der Waals surface area (Å²) in [6, 6.07) is 25.1. The van der Waals surface area contributed by atoms with Crippen molar-refractivity contribution in [3.05, 3.63) is 78.9 Å². The summed E-state index contributed by atoms with van der Waals surface area (Å²) in [7, 11) is 0. The lowest BCUT2D eigenvalue weighted by atomic mass is 10.2. The first-order chi connectivity index (χ1) is 15.6. The van der Waals surface area contributed by atoms with E-state index < -0.39 is 0 Å². The van der Waals surface area contributed by atoms with Crippen molar-refractivity contribution in [3.63, 3.8) is 0 Å². The van der Waals surface area contributed by atoms with Gasteiger partial charge in [0.1, 0.15) is 5.75 Å². The van der Waals surface area contributed by atoms with Gasteiger partial charge in [-0.2, -0.15) is 0 Å². The SMILES string of the molecule is CCOc1ccccc1NC(=O)C(CC)Sc1cccc(NC(=S)Nc2ccccc2)c1. The molecule has 0 saturated carbocycles. The van der Waals surface area contributed by atoms with Gasteiger partial charge in [-0.15, -0.1) is 11.8 Å². The Bertz CT molecular complexity index is 1040. The maximum absolute atomic E-state index is 12.9. The lowest BCUT2D eigenvalue weighted by Crippen LogP contribution is -2.25. The maximum Gasteiger partial charge on any atom is 0.237 e. The molecule has 0 aliphatic rings. The van der Waals surface area contributed by atoms with E-state index in [9.17, 15) is 4.79 Å².